The van der Waals surface area contributed by atoms with Crippen LogP contribution in [0.15, 0.2) is 91.0 Å². The van der Waals surface area contributed by atoms with Gasteiger partial charge in [-0.3, -0.25) is 4.79 Å². The normalized spacial score (nSPS) is 11.4. The molecule has 0 aliphatic heterocycles. The molecule has 0 aliphatic rings. The average molecular weight is 380 g/mol. The van der Waals surface area contributed by atoms with Gasteiger partial charge in [0.15, 0.2) is 0 Å². The largest absolute Gasteiger partial charge is 0.322 e. The summed E-state index contributed by atoms with van der Waals surface area (Å²) in [5.41, 5.74) is 5.07. The predicted molar refractivity (Wildman–Crippen MR) is 122 cm³/mol. The van der Waals surface area contributed by atoms with Crippen LogP contribution in [0.25, 0.3) is 21.9 Å². The topological polar surface area (TPSA) is 29.1 Å². The molecule has 0 saturated heterocycles. The minimum Gasteiger partial charge on any atom is -0.322 e. The van der Waals surface area contributed by atoms with Crippen LogP contribution in [0.1, 0.15) is 36.7 Å². The first-order chi connectivity index (χ1) is 13.9. The Labute approximate surface area is 172 Å². The van der Waals surface area contributed by atoms with E-state index >= 15 is 0 Å². The second-order valence-corrected chi connectivity index (χ2v) is 8.39. The lowest BCUT2D eigenvalue weighted by Gasteiger charge is -2.19. The van der Waals surface area contributed by atoms with Crippen LogP contribution in [0.3, 0.4) is 0 Å². The zero-order valence-electron chi connectivity index (χ0n) is 17.1. The highest BCUT2D eigenvalue weighted by molar-refractivity contribution is 6.05. The number of carbonyl (C=O) groups excluding carboxylic acids is 1. The van der Waals surface area contributed by atoms with Crippen LogP contribution < -0.4 is 5.32 Å². The first kappa shape index (κ1) is 18.9. The summed E-state index contributed by atoms with van der Waals surface area (Å²) in [6.45, 7) is 6.54. The molecule has 0 bridgehead atoms. The highest BCUT2D eigenvalue weighted by Crippen LogP contribution is 2.29. The Kier molecular flexibility index (Phi) is 4.94. The van der Waals surface area contributed by atoms with Gasteiger partial charge in [0.05, 0.1) is 0 Å². The monoisotopic (exact) mass is 379 g/mol. The molecule has 0 unspecified atom stereocenters. The van der Waals surface area contributed by atoms with E-state index in [2.05, 4.69) is 74.6 Å². The number of nitrogens with one attached hydrogen (secondary N) is 1. The van der Waals surface area contributed by atoms with Gasteiger partial charge in [0.25, 0.3) is 5.91 Å². The number of amides is 1. The first-order valence-electron chi connectivity index (χ1n) is 9.92. The van der Waals surface area contributed by atoms with Gasteiger partial charge in [0, 0.05) is 11.3 Å². The van der Waals surface area contributed by atoms with Crippen LogP contribution in [0.5, 0.6) is 0 Å². The number of carbonyl (C=O) groups is 1. The molecule has 0 atom stereocenters. The third-order valence-electron chi connectivity index (χ3n) is 5.26. The van der Waals surface area contributed by atoms with E-state index in [0.29, 0.717) is 5.56 Å². The van der Waals surface area contributed by atoms with E-state index in [1.807, 2.05) is 42.5 Å². The van der Waals surface area contributed by atoms with E-state index in [1.54, 1.807) is 0 Å². The summed E-state index contributed by atoms with van der Waals surface area (Å²) in [6, 6.07) is 30.5. The summed E-state index contributed by atoms with van der Waals surface area (Å²) < 4.78 is 0. The molecule has 0 aromatic heterocycles. The van der Waals surface area contributed by atoms with Crippen molar-refractivity contribution in [1.82, 2.24) is 0 Å². The molecule has 4 rings (SSSR count). The van der Waals surface area contributed by atoms with Crippen molar-refractivity contribution in [2.24, 2.45) is 0 Å². The third kappa shape index (κ3) is 4.07. The Balaban J connectivity index is 1.54. The van der Waals surface area contributed by atoms with Crippen molar-refractivity contribution in [2.45, 2.75) is 26.2 Å². The second-order valence-electron chi connectivity index (χ2n) is 8.39. The van der Waals surface area contributed by atoms with Crippen molar-refractivity contribution < 1.29 is 4.79 Å². The number of anilines is 1. The number of rotatable bonds is 3. The molecular weight excluding hydrogens is 354 g/mol. The smallest absolute Gasteiger partial charge is 0.255 e. The van der Waals surface area contributed by atoms with Gasteiger partial charge in [0.2, 0.25) is 0 Å². The SMILES string of the molecule is CC(C)(C)c1ccc(NC(=O)c2ccc(-c3cccc4ccccc34)cc2)cc1. The van der Waals surface area contributed by atoms with Crippen molar-refractivity contribution in [1.29, 1.82) is 0 Å². The van der Waals surface area contributed by atoms with Crippen LogP contribution in [0, 0.1) is 0 Å². The minimum absolute atomic E-state index is 0.0972. The highest BCUT2D eigenvalue weighted by atomic mass is 16.1. The molecule has 0 aliphatic carbocycles. The molecule has 0 heterocycles. The molecule has 2 nitrogen and oxygen atoms in total. The van der Waals surface area contributed by atoms with Crippen molar-refractivity contribution in [3.63, 3.8) is 0 Å². The zero-order valence-corrected chi connectivity index (χ0v) is 17.1. The molecule has 0 fully saturated rings. The summed E-state index contributed by atoms with van der Waals surface area (Å²) in [4.78, 5) is 12.6. The molecule has 144 valence electrons. The van der Waals surface area contributed by atoms with Crippen molar-refractivity contribution in [3.05, 3.63) is 102 Å². The van der Waals surface area contributed by atoms with E-state index in [0.717, 1.165) is 11.3 Å². The van der Waals surface area contributed by atoms with Gasteiger partial charge < -0.3 is 5.32 Å². The molecular formula is C27H25NO. The molecule has 0 spiro atoms. The molecule has 4 aromatic rings. The van der Waals surface area contributed by atoms with Gasteiger partial charge in [0.1, 0.15) is 0 Å². The number of hydrogen-bond donors (Lipinski definition) is 1. The van der Waals surface area contributed by atoms with Crippen LogP contribution in [-0.4, -0.2) is 5.91 Å². The fourth-order valence-electron chi connectivity index (χ4n) is 3.54. The van der Waals surface area contributed by atoms with Gasteiger partial charge in [-0.15, -0.1) is 0 Å². The van der Waals surface area contributed by atoms with E-state index < -0.39 is 0 Å². The summed E-state index contributed by atoms with van der Waals surface area (Å²) in [5, 5.41) is 5.41. The Morgan fingerprint density at radius 3 is 2.07 bits per heavy atom. The number of benzene rings is 4. The zero-order chi connectivity index (χ0) is 20.4. The molecule has 1 N–H and O–H groups in total. The quantitative estimate of drug-likeness (QED) is 0.406. The van der Waals surface area contributed by atoms with E-state index in [-0.39, 0.29) is 11.3 Å². The summed E-state index contributed by atoms with van der Waals surface area (Å²) >= 11 is 0. The second kappa shape index (κ2) is 7.56. The third-order valence-corrected chi connectivity index (χ3v) is 5.26. The van der Waals surface area contributed by atoms with E-state index in [4.69, 9.17) is 0 Å². The molecule has 0 saturated carbocycles. The lowest BCUT2D eigenvalue weighted by molar-refractivity contribution is 0.102. The van der Waals surface area contributed by atoms with Crippen LogP contribution >= 0.6 is 0 Å². The van der Waals surface area contributed by atoms with E-state index in [1.165, 1.54) is 21.9 Å². The Hall–Kier alpha value is -3.39. The molecule has 29 heavy (non-hydrogen) atoms. The fraction of sp³-hybridized carbons (Fsp3) is 0.148. The lowest BCUT2D eigenvalue weighted by atomic mass is 9.87. The summed E-state index contributed by atoms with van der Waals surface area (Å²) in [5.74, 6) is -0.0991. The Morgan fingerprint density at radius 2 is 1.38 bits per heavy atom. The highest BCUT2D eigenvalue weighted by Gasteiger charge is 2.13. The van der Waals surface area contributed by atoms with Gasteiger partial charge in [-0.2, -0.15) is 0 Å². The van der Waals surface area contributed by atoms with Crippen LogP contribution in [0.2, 0.25) is 0 Å². The predicted octanol–water partition coefficient (Wildman–Crippen LogP) is 7.06. The van der Waals surface area contributed by atoms with Crippen LogP contribution in [0.4, 0.5) is 5.69 Å². The molecule has 1 amide bonds. The maximum Gasteiger partial charge on any atom is 0.255 e. The Bertz CT molecular complexity index is 1140. The van der Waals surface area contributed by atoms with Gasteiger partial charge >= 0.3 is 0 Å². The maximum atomic E-state index is 12.6. The number of hydrogen-bond acceptors (Lipinski definition) is 1. The lowest BCUT2D eigenvalue weighted by Crippen LogP contribution is -2.13. The summed E-state index contributed by atoms with van der Waals surface area (Å²) in [6.07, 6.45) is 0. The molecule has 4 aromatic carbocycles. The van der Waals surface area contributed by atoms with Gasteiger partial charge in [-0.05, 0) is 57.1 Å². The Morgan fingerprint density at radius 1 is 0.724 bits per heavy atom. The van der Waals surface area contributed by atoms with Gasteiger partial charge in [-0.1, -0.05) is 87.5 Å². The van der Waals surface area contributed by atoms with Crippen LogP contribution in [-0.2, 0) is 5.41 Å². The van der Waals surface area contributed by atoms with Crippen molar-refractivity contribution in [3.8, 4) is 11.1 Å². The number of fused-ring (bicyclic) bond motifs is 1. The summed E-state index contributed by atoms with van der Waals surface area (Å²) in [7, 11) is 0. The van der Waals surface area contributed by atoms with Gasteiger partial charge in [-0.25, -0.2) is 0 Å². The first-order valence-corrected chi connectivity index (χ1v) is 9.92. The molecule has 2 heteroatoms. The standard InChI is InChI=1S/C27H25NO/c1-27(2,3)22-15-17-23(18-16-22)28-26(29)21-13-11-20(12-14-21)25-10-6-8-19-7-4-5-9-24(19)25/h4-18H,1-3H3,(H,28,29). The fourth-order valence-corrected chi connectivity index (χ4v) is 3.54. The average Bonchev–Trinajstić information content (AvgIpc) is 2.73. The minimum atomic E-state index is -0.0991. The molecule has 0 radical (unpaired) electrons. The van der Waals surface area contributed by atoms with Crippen molar-refractivity contribution >= 4 is 22.4 Å². The van der Waals surface area contributed by atoms with Crippen molar-refractivity contribution in [2.75, 3.05) is 5.32 Å². The van der Waals surface area contributed by atoms with E-state index in [9.17, 15) is 4.79 Å². The maximum absolute atomic E-state index is 12.6.